The molecule has 128 valence electrons. The molecule has 1 aliphatic rings. The fourth-order valence-corrected chi connectivity index (χ4v) is 4.33. The molecule has 2 heterocycles. The summed E-state index contributed by atoms with van der Waals surface area (Å²) in [4.78, 5) is 12.0. The number of sulfonamides is 1. The zero-order valence-electron chi connectivity index (χ0n) is 13.6. The van der Waals surface area contributed by atoms with Gasteiger partial charge in [-0.2, -0.15) is 5.10 Å². The maximum atomic E-state index is 12.7. The minimum absolute atomic E-state index is 0.0906. The molecule has 24 heavy (non-hydrogen) atoms. The van der Waals surface area contributed by atoms with Gasteiger partial charge in [-0.05, 0) is 37.1 Å². The highest BCUT2D eigenvalue weighted by Gasteiger charge is 2.34. The fraction of sp³-hybridized carbons (Fsp3) is 0.375. The lowest BCUT2D eigenvalue weighted by Gasteiger charge is -2.32. The lowest BCUT2D eigenvalue weighted by Crippen LogP contribution is -2.50. The van der Waals surface area contributed by atoms with Crippen LogP contribution < -0.4 is 10.0 Å². The Morgan fingerprint density at radius 3 is 2.79 bits per heavy atom. The average molecular weight is 348 g/mol. The molecule has 0 spiro atoms. The van der Waals surface area contributed by atoms with Gasteiger partial charge >= 0.3 is 0 Å². The van der Waals surface area contributed by atoms with E-state index in [0.29, 0.717) is 6.42 Å². The highest BCUT2D eigenvalue weighted by molar-refractivity contribution is 7.89. The molecule has 1 aromatic heterocycles. The van der Waals surface area contributed by atoms with Crippen molar-refractivity contribution in [3.63, 3.8) is 0 Å². The minimum Gasteiger partial charge on any atom is -0.346 e. The molecular formula is C16H20N4O3S. The molecule has 0 unspecified atom stereocenters. The van der Waals surface area contributed by atoms with Crippen molar-refractivity contribution in [3.8, 4) is 0 Å². The van der Waals surface area contributed by atoms with E-state index in [1.54, 1.807) is 42.2 Å². The fourth-order valence-electron chi connectivity index (χ4n) is 2.95. The Labute approximate surface area is 141 Å². The van der Waals surface area contributed by atoms with Gasteiger partial charge in [-0.1, -0.05) is 12.1 Å². The molecule has 0 radical (unpaired) electrons. The van der Waals surface area contributed by atoms with E-state index in [1.807, 2.05) is 13.0 Å². The highest BCUT2D eigenvalue weighted by atomic mass is 32.2. The van der Waals surface area contributed by atoms with Gasteiger partial charge in [-0.3, -0.25) is 9.48 Å². The number of hydrogen-bond acceptors (Lipinski definition) is 4. The van der Waals surface area contributed by atoms with E-state index >= 15 is 0 Å². The zero-order valence-corrected chi connectivity index (χ0v) is 14.4. The molecule has 0 aliphatic carbocycles. The predicted molar refractivity (Wildman–Crippen MR) is 88.6 cm³/mol. The van der Waals surface area contributed by atoms with E-state index in [9.17, 15) is 13.2 Å². The van der Waals surface area contributed by atoms with Gasteiger partial charge in [0.25, 0.3) is 0 Å². The Kier molecular flexibility index (Phi) is 4.42. The summed E-state index contributed by atoms with van der Waals surface area (Å²) in [6, 6.07) is 7.66. The molecule has 2 N–H and O–H groups in total. The molecule has 1 fully saturated rings. The number of amides is 1. The molecule has 1 saturated heterocycles. The van der Waals surface area contributed by atoms with Crippen molar-refractivity contribution in [2.45, 2.75) is 36.7 Å². The number of nitrogens with one attached hydrogen (secondary N) is 2. The molecule has 3 rings (SSSR count). The van der Waals surface area contributed by atoms with E-state index in [0.717, 1.165) is 11.3 Å². The molecule has 2 aromatic rings. The van der Waals surface area contributed by atoms with Crippen LogP contribution in [-0.4, -0.2) is 30.1 Å². The maximum Gasteiger partial charge on any atom is 0.240 e. The first-order valence-electron chi connectivity index (χ1n) is 7.73. The standard InChI is InChI=1S/C16H20N4O3S/c1-11-4-3-5-12(10-11)24(22,23)19-13-6-7-15(21)18-16(13)14-8-9-17-20(14)2/h3-5,8-10,13,16,19H,6-7H2,1-2H3,(H,18,21)/t13-,16-/m1/s1. The van der Waals surface area contributed by atoms with Crippen molar-refractivity contribution >= 4 is 15.9 Å². The van der Waals surface area contributed by atoms with Crippen molar-refractivity contribution in [1.82, 2.24) is 19.8 Å². The normalized spacial score (nSPS) is 21.5. The van der Waals surface area contributed by atoms with Crippen LogP contribution in [0.4, 0.5) is 0 Å². The number of carbonyl (C=O) groups excluding carboxylic acids is 1. The van der Waals surface area contributed by atoms with Crippen LogP contribution >= 0.6 is 0 Å². The topological polar surface area (TPSA) is 93.1 Å². The third-order valence-corrected chi connectivity index (χ3v) is 5.67. The summed E-state index contributed by atoms with van der Waals surface area (Å²) in [7, 11) is -1.90. The number of aromatic nitrogens is 2. The van der Waals surface area contributed by atoms with E-state index in [1.165, 1.54) is 0 Å². The number of piperidine rings is 1. The smallest absolute Gasteiger partial charge is 0.240 e. The van der Waals surface area contributed by atoms with Crippen LogP contribution in [0.25, 0.3) is 0 Å². The summed E-state index contributed by atoms with van der Waals surface area (Å²) < 4.78 is 29.8. The van der Waals surface area contributed by atoms with Crippen LogP contribution in [-0.2, 0) is 21.9 Å². The van der Waals surface area contributed by atoms with Crippen molar-refractivity contribution in [2.75, 3.05) is 0 Å². The molecule has 7 nitrogen and oxygen atoms in total. The van der Waals surface area contributed by atoms with E-state index in [-0.39, 0.29) is 17.2 Å². The Morgan fingerprint density at radius 1 is 1.33 bits per heavy atom. The number of nitrogens with zero attached hydrogens (tertiary/aromatic N) is 2. The lowest BCUT2D eigenvalue weighted by atomic mass is 9.96. The lowest BCUT2D eigenvalue weighted by molar-refractivity contribution is -0.123. The number of rotatable bonds is 4. The van der Waals surface area contributed by atoms with Crippen LogP contribution in [0.3, 0.4) is 0 Å². The van der Waals surface area contributed by atoms with Crippen LogP contribution in [0.5, 0.6) is 0 Å². The van der Waals surface area contributed by atoms with Gasteiger partial charge in [0.2, 0.25) is 15.9 Å². The predicted octanol–water partition coefficient (Wildman–Crippen LogP) is 1.03. The Bertz CT molecular complexity index is 860. The van der Waals surface area contributed by atoms with Crippen molar-refractivity contribution in [2.24, 2.45) is 7.05 Å². The van der Waals surface area contributed by atoms with Gasteiger partial charge in [0.15, 0.2) is 0 Å². The summed E-state index contributed by atoms with van der Waals surface area (Å²) in [6.45, 7) is 1.85. The second kappa shape index (κ2) is 6.37. The SMILES string of the molecule is Cc1cccc(S(=O)(=O)N[C@@H]2CCC(=O)N[C@H]2c2ccnn2C)c1. The molecule has 2 atom stereocenters. The molecule has 1 aliphatic heterocycles. The van der Waals surface area contributed by atoms with Crippen LogP contribution in [0.15, 0.2) is 41.4 Å². The van der Waals surface area contributed by atoms with E-state index < -0.39 is 22.1 Å². The first-order valence-corrected chi connectivity index (χ1v) is 9.21. The third-order valence-electron chi connectivity index (χ3n) is 4.19. The average Bonchev–Trinajstić information content (AvgIpc) is 2.95. The maximum absolute atomic E-state index is 12.7. The minimum atomic E-state index is -3.67. The number of benzene rings is 1. The summed E-state index contributed by atoms with van der Waals surface area (Å²) in [5.41, 5.74) is 1.64. The number of hydrogen-bond donors (Lipinski definition) is 2. The van der Waals surface area contributed by atoms with Gasteiger partial charge in [0.1, 0.15) is 0 Å². The highest BCUT2D eigenvalue weighted by Crippen LogP contribution is 2.25. The van der Waals surface area contributed by atoms with Gasteiger partial charge in [-0.25, -0.2) is 13.1 Å². The van der Waals surface area contributed by atoms with Crippen molar-refractivity contribution in [1.29, 1.82) is 0 Å². The second-order valence-corrected chi connectivity index (χ2v) is 7.72. The summed E-state index contributed by atoms with van der Waals surface area (Å²) in [5, 5.41) is 6.97. The zero-order chi connectivity index (χ0) is 17.3. The second-order valence-electron chi connectivity index (χ2n) is 6.01. The Hall–Kier alpha value is -2.19. The van der Waals surface area contributed by atoms with E-state index in [2.05, 4.69) is 15.1 Å². The summed E-state index contributed by atoms with van der Waals surface area (Å²) in [5.74, 6) is -0.0906. The first-order chi connectivity index (χ1) is 11.4. The monoisotopic (exact) mass is 348 g/mol. The van der Waals surface area contributed by atoms with Gasteiger partial charge < -0.3 is 5.32 Å². The Balaban J connectivity index is 1.89. The molecule has 1 amide bonds. The molecule has 0 saturated carbocycles. The third kappa shape index (κ3) is 3.34. The van der Waals surface area contributed by atoms with Crippen molar-refractivity contribution < 1.29 is 13.2 Å². The van der Waals surface area contributed by atoms with Gasteiger partial charge in [-0.15, -0.1) is 0 Å². The number of aryl methyl sites for hydroxylation is 2. The summed E-state index contributed by atoms with van der Waals surface area (Å²) >= 11 is 0. The summed E-state index contributed by atoms with van der Waals surface area (Å²) in [6.07, 6.45) is 2.35. The van der Waals surface area contributed by atoms with Crippen LogP contribution in [0.2, 0.25) is 0 Å². The molecule has 0 bridgehead atoms. The number of carbonyl (C=O) groups is 1. The Morgan fingerprint density at radius 2 is 2.12 bits per heavy atom. The van der Waals surface area contributed by atoms with Gasteiger partial charge in [0.05, 0.1) is 16.6 Å². The van der Waals surface area contributed by atoms with Gasteiger partial charge in [0, 0.05) is 25.7 Å². The quantitative estimate of drug-likeness (QED) is 0.863. The van der Waals surface area contributed by atoms with Crippen LogP contribution in [0.1, 0.15) is 30.1 Å². The molecule has 1 aromatic carbocycles. The largest absolute Gasteiger partial charge is 0.346 e. The molecular weight excluding hydrogens is 328 g/mol. The first kappa shape index (κ1) is 16.7. The molecule has 8 heteroatoms. The van der Waals surface area contributed by atoms with E-state index in [4.69, 9.17) is 0 Å². The van der Waals surface area contributed by atoms with Crippen molar-refractivity contribution in [3.05, 3.63) is 47.8 Å². The van der Waals surface area contributed by atoms with Crippen LogP contribution in [0, 0.1) is 6.92 Å².